The fourth-order valence-electron chi connectivity index (χ4n) is 3.61. The van der Waals surface area contributed by atoms with Crippen LogP contribution in [0, 0.1) is 0 Å². The van der Waals surface area contributed by atoms with Crippen LogP contribution < -0.4 is 15.0 Å². The fourth-order valence-corrected chi connectivity index (χ4v) is 3.61. The average molecular weight is 436 g/mol. The van der Waals surface area contributed by atoms with Gasteiger partial charge in [0.05, 0.1) is 7.11 Å². The third-order valence-electron chi connectivity index (χ3n) is 5.30. The number of piperazine rings is 1. The third kappa shape index (κ3) is 5.35. The number of rotatable bonds is 7. The summed E-state index contributed by atoms with van der Waals surface area (Å²) in [6, 6.07) is 13.8. The fraction of sp³-hybridized carbons (Fsp3) is 0.391. The quantitative estimate of drug-likeness (QED) is 0.447. The summed E-state index contributed by atoms with van der Waals surface area (Å²) in [6.45, 7) is 7.19. The molecule has 1 fully saturated rings. The van der Waals surface area contributed by atoms with Crippen molar-refractivity contribution < 1.29 is 9.26 Å². The Bertz CT molecular complexity index is 997. The van der Waals surface area contributed by atoms with Gasteiger partial charge in [-0.05, 0) is 43.3 Å². The summed E-state index contributed by atoms with van der Waals surface area (Å²) < 4.78 is 10.6. The number of nitrogens with one attached hydrogen (secondary N) is 1. The molecule has 3 aromatic rings. The predicted molar refractivity (Wildman–Crippen MR) is 124 cm³/mol. The normalized spacial score (nSPS) is 14.5. The molecule has 9 nitrogen and oxygen atoms in total. The Kier molecular flexibility index (Phi) is 7.16. The summed E-state index contributed by atoms with van der Waals surface area (Å²) in [6.07, 6.45) is 2.32. The van der Waals surface area contributed by atoms with Crippen LogP contribution >= 0.6 is 0 Å². The Balaban J connectivity index is 1.32. The van der Waals surface area contributed by atoms with E-state index in [0.29, 0.717) is 30.4 Å². The van der Waals surface area contributed by atoms with Crippen LogP contribution in [0.3, 0.4) is 0 Å². The lowest BCUT2D eigenvalue weighted by Gasteiger charge is -2.37. The first kappa shape index (κ1) is 21.6. The summed E-state index contributed by atoms with van der Waals surface area (Å²) in [7, 11) is 1.69. The molecule has 1 aliphatic rings. The van der Waals surface area contributed by atoms with Crippen LogP contribution in [-0.2, 0) is 6.42 Å². The van der Waals surface area contributed by atoms with Crippen LogP contribution in [0.1, 0.15) is 12.7 Å². The van der Waals surface area contributed by atoms with Gasteiger partial charge in [0.15, 0.2) is 11.8 Å². The van der Waals surface area contributed by atoms with Crippen LogP contribution in [0.4, 0.5) is 5.69 Å². The summed E-state index contributed by atoms with van der Waals surface area (Å²) in [5.74, 6) is 2.87. The standard InChI is InChI=1S/C23H29N7O2/c1-3-24-23(26-13-11-21-27-22(32-28-21)20-6-4-5-12-25-20)30-16-14-29(15-17-30)18-7-9-19(31-2)10-8-18/h4-10,12H,3,11,13-17H2,1-2H3,(H,24,26). The van der Waals surface area contributed by atoms with E-state index in [1.165, 1.54) is 5.69 Å². The maximum absolute atomic E-state index is 5.33. The summed E-state index contributed by atoms with van der Waals surface area (Å²) >= 11 is 0. The largest absolute Gasteiger partial charge is 0.497 e. The number of ether oxygens (including phenoxy) is 1. The highest BCUT2D eigenvalue weighted by atomic mass is 16.5. The van der Waals surface area contributed by atoms with Crippen molar-refractivity contribution in [2.75, 3.05) is 51.3 Å². The molecule has 1 N–H and O–H groups in total. The number of anilines is 1. The van der Waals surface area contributed by atoms with Crippen LogP contribution in [0.15, 0.2) is 58.2 Å². The predicted octanol–water partition coefficient (Wildman–Crippen LogP) is 2.47. The number of hydrogen-bond acceptors (Lipinski definition) is 7. The molecule has 9 heteroatoms. The molecule has 2 aromatic heterocycles. The topological polar surface area (TPSA) is 91.9 Å². The van der Waals surface area contributed by atoms with Gasteiger partial charge in [0.25, 0.3) is 5.89 Å². The molecule has 32 heavy (non-hydrogen) atoms. The zero-order valence-electron chi connectivity index (χ0n) is 18.6. The van der Waals surface area contributed by atoms with Gasteiger partial charge in [-0.3, -0.25) is 9.98 Å². The van der Waals surface area contributed by atoms with Gasteiger partial charge < -0.3 is 24.4 Å². The first-order chi connectivity index (χ1) is 15.8. The molecule has 1 saturated heterocycles. The molecule has 0 spiro atoms. The van der Waals surface area contributed by atoms with Crippen molar-refractivity contribution in [3.63, 3.8) is 0 Å². The highest BCUT2D eigenvalue weighted by molar-refractivity contribution is 5.80. The van der Waals surface area contributed by atoms with Gasteiger partial charge in [0, 0.05) is 57.6 Å². The molecule has 0 aliphatic carbocycles. The van der Waals surface area contributed by atoms with Gasteiger partial charge in [0.2, 0.25) is 0 Å². The van der Waals surface area contributed by atoms with Crippen LogP contribution in [0.5, 0.6) is 5.75 Å². The van der Waals surface area contributed by atoms with E-state index >= 15 is 0 Å². The number of pyridine rings is 1. The van der Waals surface area contributed by atoms with E-state index in [-0.39, 0.29) is 0 Å². The molecule has 0 radical (unpaired) electrons. The van der Waals surface area contributed by atoms with Gasteiger partial charge in [-0.25, -0.2) is 0 Å². The second-order valence-electron chi connectivity index (χ2n) is 7.39. The van der Waals surface area contributed by atoms with E-state index in [1.54, 1.807) is 13.3 Å². The maximum atomic E-state index is 5.33. The van der Waals surface area contributed by atoms with Crippen molar-refractivity contribution in [2.24, 2.45) is 4.99 Å². The Morgan fingerprint density at radius 2 is 1.94 bits per heavy atom. The smallest absolute Gasteiger partial charge is 0.276 e. The van der Waals surface area contributed by atoms with Crippen LogP contribution in [-0.4, -0.2) is 72.4 Å². The van der Waals surface area contributed by atoms with E-state index in [2.05, 4.69) is 49.3 Å². The number of aromatic nitrogens is 3. The number of methoxy groups -OCH3 is 1. The lowest BCUT2D eigenvalue weighted by Crippen LogP contribution is -2.52. The highest BCUT2D eigenvalue weighted by Gasteiger charge is 2.20. The second kappa shape index (κ2) is 10.6. The first-order valence-electron chi connectivity index (χ1n) is 10.9. The summed E-state index contributed by atoms with van der Waals surface area (Å²) in [4.78, 5) is 18.2. The van der Waals surface area contributed by atoms with Crippen molar-refractivity contribution in [1.82, 2.24) is 25.3 Å². The second-order valence-corrected chi connectivity index (χ2v) is 7.39. The average Bonchev–Trinajstić information content (AvgIpc) is 3.33. The van der Waals surface area contributed by atoms with Gasteiger partial charge in [0.1, 0.15) is 11.4 Å². The lowest BCUT2D eigenvalue weighted by molar-refractivity contribution is 0.372. The van der Waals surface area contributed by atoms with Crippen LogP contribution in [0.2, 0.25) is 0 Å². The molecular weight excluding hydrogens is 406 g/mol. The SMILES string of the molecule is CCNC(=NCCc1noc(-c2ccccn2)n1)N1CCN(c2ccc(OC)cc2)CC1. The minimum atomic E-state index is 0.436. The molecule has 0 atom stereocenters. The zero-order chi connectivity index (χ0) is 22.2. The number of aliphatic imine (C=N–C) groups is 1. The van der Waals surface area contributed by atoms with Crippen molar-refractivity contribution in [3.05, 3.63) is 54.5 Å². The molecule has 3 heterocycles. The number of hydrogen-bond donors (Lipinski definition) is 1. The van der Waals surface area contributed by atoms with Crippen molar-refractivity contribution in [2.45, 2.75) is 13.3 Å². The van der Waals surface area contributed by atoms with E-state index in [0.717, 1.165) is 44.4 Å². The van der Waals surface area contributed by atoms with Gasteiger partial charge in [-0.1, -0.05) is 11.2 Å². The molecule has 4 rings (SSSR count). The van der Waals surface area contributed by atoms with Crippen molar-refractivity contribution in [1.29, 1.82) is 0 Å². The number of benzene rings is 1. The number of guanidine groups is 1. The monoisotopic (exact) mass is 435 g/mol. The highest BCUT2D eigenvalue weighted by Crippen LogP contribution is 2.20. The Morgan fingerprint density at radius 3 is 2.62 bits per heavy atom. The molecule has 1 aliphatic heterocycles. The summed E-state index contributed by atoms with van der Waals surface area (Å²) in [5, 5.41) is 7.46. The van der Waals surface area contributed by atoms with Gasteiger partial charge in [-0.2, -0.15) is 4.98 Å². The molecule has 1 aromatic carbocycles. The van der Waals surface area contributed by atoms with E-state index in [4.69, 9.17) is 14.3 Å². The van der Waals surface area contributed by atoms with Gasteiger partial charge in [-0.15, -0.1) is 0 Å². The number of nitrogens with zero attached hydrogens (tertiary/aromatic N) is 6. The molecular formula is C23H29N7O2. The third-order valence-corrected chi connectivity index (χ3v) is 5.30. The molecule has 0 bridgehead atoms. The van der Waals surface area contributed by atoms with E-state index in [9.17, 15) is 0 Å². The zero-order valence-corrected chi connectivity index (χ0v) is 18.6. The Morgan fingerprint density at radius 1 is 1.12 bits per heavy atom. The van der Waals surface area contributed by atoms with Crippen LogP contribution in [0.25, 0.3) is 11.6 Å². The molecule has 0 saturated carbocycles. The molecule has 0 unspecified atom stereocenters. The van der Waals surface area contributed by atoms with Gasteiger partial charge >= 0.3 is 0 Å². The van der Waals surface area contributed by atoms with Crippen molar-refractivity contribution in [3.8, 4) is 17.3 Å². The Labute approximate surface area is 188 Å². The van der Waals surface area contributed by atoms with E-state index < -0.39 is 0 Å². The molecule has 168 valence electrons. The first-order valence-corrected chi connectivity index (χ1v) is 10.9. The van der Waals surface area contributed by atoms with E-state index in [1.807, 2.05) is 30.3 Å². The molecule has 0 amide bonds. The maximum Gasteiger partial charge on any atom is 0.276 e. The minimum absolute atomic E-state index is 0.436. The Hall–Kier alpha value is -3.62. The lowest BCUT2D eigenvalue weighted by atomic mass is 10.2. The summed E-state index contributed by atoms with van der Waals surface area (Å²) in [5.41, 5.74) is 1.89. The van der Waals surface area contributed by atoms with Crippen molar-refractivity contribution >= 4 is 11.6 Å². The minimum Gasteiger partial charge on any atom is -0.497 e.